The Hall–Kier alpha value is -0.790. The molecule has 0 aliphatic carbocycles. The molecule has 1 unspecified atom stereocenters. The Bertz CT molecular complexity index is 575. The average molecular weight is 324 g/mol. The molecular weight excluding hydrogens is 308 g/mol. The van der Waals surface area contributed by atoms with E-state index in [4.69, 9.17) is 11.6 Å². The van der Waals surface area contributed by atoms with Crippen molar-refractivity contribution in [2.75, 3.05) is 0 Å². The second-order valence-electron chi connectivity index (χ2n) is 4.73. The third-order valence-corrected chi connectivity index (χ3v) is 4.54. The first-order chi connectivity index (χ1) is 8.49. The molecule has 0 spiro atoms. The number of hydrogen-bond acceptors (Lipinski definition) is 0. The minimum Gasteiger partial charge on any atom is -0.113 e. The Morgan fingerprint density at radius 3 is 2.28 bits per heavy atom. The molecule has 0 amide bonds. The topological polar surface area (TPSA) is 0 Å². The van der Waals surface area contributed by atoms with Gasteiger partial charge in [0.25, 0.3) is 0 Å². The molecule has 0 fully saturated rings. The van der Waals surface area contributed by atoms with Gasteiger partial charge in [0.1, 0.15) is 0 Å². The van der Waals surface area contributed by atoms with Crippen molar-refractivity contribution >= 4 is 27.5 Å². The lowest BCUT2D eigenvalue weighted by Gasteiger charge is -2.15. The summed E-state index contributed by atoms with van der Waals surface area (Å²) in [7, 11) is 0. The highest BCUT2D eigenvalue weighted by Gasteiger charge is 2.14. The first-order valence-electron chi connectivity index (χ1n) is 5.96. The summed E-state index contributed by atoms with van der Waals surface area (Å²) in [5.41, 5.74) is 6.02. The third kappa shape index (κ3) is 2.78. The fraction of sp³-hybridized carbons (Fsp3) is 0.250. The van der Waals surface area contributed by atoms with Gasteiger partial charge in [-0.15, -0.1) is 11.6 Å². The maximum Gasteiger partial charge on any atom is 0.0838 e. The van der Waals surface area contributed by atoms with Crippen LogP contribution in [0.1, 0.15) is 33.2 Å². The van der Waals surface area contributed by atoms with Gasteiger partial charge in [-0.05, 0) is 49.1 Å². The van der Waals surface area contributed by atoms with Gasteiger partial charge in [0.2, 0.25) is 0 Å². The van der Waals surface area contributed by atoms with Crippen LogP contribution in [-0.4, -0.2) is 0 Å². The standard InChI is InChI=1S/C16H16BrCl/c1-10-4-5-11(2)14(8-10)16(18)13-7-6-12(3)15(17)9-13/h4-9,16H,1-3H3. The molecule has 0 nitrogen and oxygen atoms in total. The molecule has 18 heavy (non-hydrogen) atoms. The lowest BCUT2D eigenvalue weighted by molar-refractivity contribution is 1.10. The summed E-state index contributed by atoms with van der Waals surface area (Å²) < 4.78 is 1.11. The van der Waals surface area contributed by atoms with Crippen LogP contribution in [0, 0.1) is 20.8 Å². The maximum atomic E-state index is 6.61. The van der Waals surface area contributed by atoms with E-state index in [-0.39, 0.29) is 5.38 Å². The van der Waals surface area contributed by atoms with E-state index < -0.39 is 0 Å². The number of rotatable bonds is 2. The van der Waals surface area contributed by atoms with E-state index in [9.17, 15) is 0 Å². The van der Waals surface area contributed by atoms with Crippen LogP contribution in [0.2, 0.25) is 0 Å². The zero-order valence-electron chi connectivity index (χ0n) is 10.8. The van der Waals surface area contributed by atoms with E-state index in [0.29, 0.717) is 0 Å². The number of hydrogen-bond donors (Lipinski definition) is 0. The quantitative estimate of drug-likeness (QED) is 0.622. The van der Waals surface area contributed by atoms with Crippen molar-refractivity contribution in [3.05, 3.63) is 68.7 Å². The van der Waals surface area contributed by atoms with Crippen molar-refractivity contribution in [3.63, 3.8) is 0 Å². The van der Waals surface area contributed by atoms with E-state index in [1.165, 1.54) is 22.3 Å². The summed E-state index contributed by atoms with van der Waals surface area (Å²) in [6.07, 6.45) is 0. The Morgan fingerprint density at radius 1 is 0.944 bits per heavy atom. The lowest BCUT2D eigenvalue weighted by Crippen LogP contribution is -1.97. The van der Waals surface area contributed by atoms with Gasteiger partial charge >= 0.3 is 0 Å². The predicted octanol–water partition coefficient (Wildman–Crippen LogP) is 5.70. The fourth-order valence-electron chi connectivity index (χ4n) is 1.98. The molecule has 0 aromatic heterocycles. The molecule has 0 aliphatic heterocycles. The van der Waals surface area contributed by atoms with E-state index in [1.54, 1.807) is 0 Å². The molecule has 0 aliphatic rings. The number of alkyl halides is 1. The van der Waals surface area contributed by atoms with E-state index in [2.05, 4.69) is 73.1 Å². The van der Waals surface area contributed by atoms with Crippen LogP contribution in [0.5, 0.6) is 0 Å². The second kappa shape index (κ2) is 5.46. The molecule has 2 aromatic rings. The highest BCUT2D eigenvalue weighted by atomic mass is 79.9. The minimum absolute atomic E-state index is 0.0956. The molecule has 0 radical (unpaired) electrons. The summed E-state index contributed by atoms with van der Waals surface area (Å²) >= 11 is 10.2. The maximum absolute atomic E-state index is 6.61. The molecule has 2 aromatic carbocycles. The zero-order valence-corrected chi connectivity index (χ0v) is 13.1. The molecular formula is C16H16BrCl. The van der Waals surface area contributed by atoms with Crippen LogP contribution in [-0.2, 0) is 0 Å². The van der Waals surface area contributed by atoms with Crippen LogP contribution in [0.25, 0.3) is 0 Å². The molecule has 0 heterocycles. The van der Waals surface area contributed by atoms with Crippen molar-refractivity contribution in [1.29, 1.82) is 0 Å². The van der Waals surface area contributed by atoms with Gasteiger partial charge in [0, 0.05) is 4.47 Å². The van der Waals surface area contributed by atoms with Crippen LogP contribution in [0.15, 0.2) is 40.9 Å². The first-order valence-corrected chi connectivity index (χ1v) is 7.19. The summed E-state index contributed by atoms with van der Waals surface area (Å²) in [5, 5.41) is -0.0956. The van der Waals surface area contributed by atoms with Gasteiger partial charge in [-0.25, -0.2) is 0 Å². The van der Waals surface area contributed by atoms with Crippen molar-refractivity contribution < 1.29 is 0 Å². The number of halogens is 2. The van der Waals surface area contributed by atoms with Gasteiger partial charge in [0.15, 0.2) is 0 Å². The number of aryl methyl sites for hydroxylation is 3. The van der Waals surface area contributed by atoms with Crippen molar-refractivity contribution in [2.45, 2.75) is 26.1 Å². The molecule has 2 rings (SSSR count). The molecule has 2 heteroatoms. The van der Waals surface area contributed by atoms with Crippen LogP contribution in [0.3, 0.4) is 0 Å². The van der Waals surface area contributed by atoms with Crippen LogP contribution < -0.4 is 0 Å². The predicted molar refractivity (Wildman–Crippen MR) is 82.5 cm³/mol. The molecule has 0 bridgehead atoms. The van der Waals surface area contributed by atoms with E-state index >= 15 is 0 Å². The largest absolute Gasteiger partial charge is 0.113 e. The van der Waals surface area contributed by atoms with Gasteiger partial charge < -0.3 is 0 Å². The van der Waals surface area contributed by atoms with Gasteiger partial charge in [0.05, 0.1) is 5.38 Å². The average Bonchev–Trinajstić information content (AvgIpc) is 2.35. The molecule has 0 N–H and O–H groups in total. The SMILES string of the molecule is Cc1ccc(C)c(C(Cl)c2ccc(C)c(Br)c2)c1. The highest BCUT2D eigenvalue weighted by Crippen LogP contribution is 2.33. The second-order valence-corrected chi connectivity index (χ2v) is 6.02. The Kier molecular flexibility index (Phi) is 4.14. The monoisotopic (exact) mass is 322 g/mol. The van der Waals surface area contributed by atoms with Crippen LogP contribution in [0.4, 0.5) is 0 Å². The highest BCUT2D eigenvalue weighted by molar-refractivity contribution is 9.10. The summed E-state index contributed by atoms with van der Waals surface area (Å²) in [6.45, 7) is 6.28. The Labute approximate surface area is 122 Å². The smallest absolute Gasteiger partial charge is 0.0838 e. The van der Waals surface area contributed by atoms with Gasteiger partial charge in [-0.1, -0.05) is 51.8 Å². The minimum atomic E-state index is -0.0956. The van der Waals surface area contributed by atoms with E-state index in [1.807, 2.05) is 0 Å². The Morgan fingerprint density at radius 2 is 1.61 bits per heavy atom. The van der Waals surface area contributed by atoms with E-state index in [0.717, 1.165) is 10.0 Å². The molecule has 94 valence electrons. The first kappa shape index (κ1) is 13.6. The molecule has 0 saturated heterocycles. The lowest BCUT2D eigenvalue weighted by atomic mass is 9.97. The normalized spacial score (nSPS) is 12.5. The molecule has 0 saturated carbocycles. The van der Waals surface area contributed by atoms with Gasteiger partial charge in [-0.3, -0.25) is 0 Å². The number of benzene rings is 2. The zero-order chi connectivity index (χ0) is 13.3. The van der Waals surface area contributed by atoms with Crippen molar-refractivity contribution in [1.82, 2.24) is 0 Å². The molecule has 1 atom stereocenters. The summed E-state index contributed by atoms with van der Waals surface area (Å²) in [6, 6.07) is 12.7. The van der Waals surface area contributed by atoms with Gasteiger partial charge in [-0.2, -0.15) is 0 Å². The van der Waals surface area contributed by atoms with Crippen molar-refractivity contribution in [2.24, 2.45) is 0 Å². The fourth-order valence-corrected chi connectivity index (χ4v) is 2.75. The third-order valence-electron chi connectivity index (χ3n) is 3.20. The van der Waals surface area contributed by atoms with Crippen LogP contribution >= 0.6 is 27.5 Å². The summed E-state index contributed by atoms with van der Waals surface area (Å²) in [5.74, 6) is 0. The summed E-state index contributed by atoms with van der Waals surface area (Å²) in [4.78, 5) is 0. The Balaban J connectivity index is 2.44. The van der Waals surface area contributed by atoms with Crippen molar-refractivity contribution in [3.8, 4) is 0 Å².